The number of anilines is 1. The number of esters is 2. The molecule has 0 aliphatic rings. The summed E-state index contributed by atoms with van der Waals surface area (Å²) in [4.78, 5) is 23.5. The molecule has 0 saturated carbocycles. The van der Waals surface area contributed by atoms with Gasteiger partial charge in [-0.3, -0.25) is 0 Å². The first-order chi connectivity index (χ1) is 11.0. The first-order valence-electron chi connectivity index (χ1n) is 6.67. The topological polar surface area (TPSA) is 98.9 Å². The molecule has 6 heteroatoms. The number of hydrogen-bond acceptors (Lipinski definition) is 6. The van der Waals surface area contributed by atoms with Crippen LogP contribution < -0.4 is 10.5 Å². The molecular weight excluding hydrogens is 298 g/mol. The Hall–Kier alpha value is -3.28. The second-order valence-corrected chi connectivity index (χ2v) is 4.56. The Morgan fingerprint density at radius 2 is 1.91 bits per heavy atom. The van der Waals surface area contributed by atoms with Crippen molar-refractivity contribution in [3.05, 3.63) is 59.7 Å². The SMILES string of the molecule is COc1cc(/C=C/C(=O)OC(=O)c2ccccc2N)ccc1O. The third kappa shape index (κ3) is 4.10. The number of hydrogen-bond donors (Lipinski definition) is 2. The lowest BCUT2D eigenvalue weighted by atomic mass is 10.2. The smallest absolute Gasteiger partial charge is 0.348 e. The van der Waals surface area contributed by atoms with Crippen molar-refractivity contribution in [1.29, 1.82) is 0 Å². The normalized spacial score (nSPS) is 10.5. The predicted octanol–water partition coefficient (Wildman–Crippen LogP) is 2.38. The molecule has 0 aromatic heterocycles. The van der Waals surface area contributed by atoms with E-state index in [1.807, 2.05) is 0 Å². The number of nitrogens with two attached hydrogens (primary N) is 1. The Labute approximate surface area is 132 Å². The molecule has 0 amide bonds. The quantitative estimate of drug-likeness (QED) is 0.389. The maximum absolute atomic E-state index is 11.8. The minimum atomic E-state index is -0.828. The van der Waals surface area contributed by atoms with E-state index in [4.69, 9.17) is 15.2 Å². The summed E-state index contributed by atoms with van der Waals surface area (Å²) in [5.41, 5.74) is 6.60. The summed E-state index contributed by atoms with van der Waals surface area (Å²) < 4.78 is 9.65. The second-order valence-electron chi connectivity index (χ2n) is 4.56. The van der Waals surface area contributed by atoms with Gasteiger partial charge in [-0.2, -0.15) is 0 Å². The summed E-state index contributed by atoms with van der Waals surface area (Å²) in [7, 11) is 1.42. The van der Waals surface area contributed by atoms with Crippen molar-refractivity contribution in [2.75, 3.05) is 12.8 Å². The third-order valence-corrected chi connectivity index (χ3v) is 2.99. The number of nitrogen functional groups attached to an aromatic ring is 1. The van der Waals surface area contributed by atoms with Crippen molar-refractivity contribution >= 4 is 23.7 Å². The van der Waals surface area contributed by atoms with Gasteiger partial charge in [-0.05, 0) is 35.9 Å². The molecular formula is C17H15NO5. The van der Waals surface area contributed by atoms with Crippen molar-refractivity contribution in [2.45, 2.75) is 0 Å². The zero-order valence-electron chi connectivity index (χ0n) is 12.4. The van der Waals surface area contributed by atoms with E-state index in [2.05, 4.69) is 0 Å². The molecule has 0 unspecified atom stereocenters. The van der Waals surface area contributed by atoms with E-state index >= 15 is 0 Å². The van der Waals surface area contributed by atoms with Crippen LogP contribution >= 0.6 is 0 Å². The molecule has 2 aromatic rings. The van der Waals surface area contributed by atoms with Gasteiger partial charge >= 0.3 is 11.9 Å². The van der Waals surface area contributed by atoms with Crippen LogP contribution in [0, 0.1) is 0 Å². The van der Waals surface area contributed by atoms with Gasteiger partial charge in [-0.1, -0.05) is 18.2 Å². The molecule has 0 spiro atoms. The molecule has 23 heavy (non-hydrogen) atoms. The van der Waals surface area contributed by atoms with Crippen LogP contribution in [-0.2, 0) is 9.53 Å². The second kappa shape index (κ2) is 7.13. The van der Waals surface area contributed by atoms with Crippen LogP contribution in [0.25, 0.3) is 6.08 Å². The largest absolute Gasteiger partial charge is 0.504 e. The molecule has 118 valence electrons. The average Bonchev–Trinajstić information content (AvgIpc) is 2.54. The highest BCUT2D eigenvalue weighted by Crippen LogP contribution is 2.26. The molecule has 2 aromatic carbocycles. The molecule has 0 radical (unpaired) electrons. The number of ether oxygens (including phenoxy) is 2. The molecule has 6 nitrogen and oxygen atoms in total. The molecule has 2 rings (SSSR count). The summed E-state index contributed by atoms with van der Waals surface area (Å²) in [6, 6.07) is 10.9. The maximum Gasteiger partial charge on any atom is 0.348 e. The average molecular weight is 313 g/mol. The molecule has 0 heterocycles. The number of methoxy groups -OCH3 is 1. The number of carbonyl (C=O) groups excluding carboxylic acids is 2. The highest BCUT2D eigenvalue weighted by molar-refractivity contribution is 6.03. The van der Waals surface area contributed by atoms with Crippen LogP contribution in [0.3, 0.4) is 0 Å². The number of phenols is 1. The van der Waals surface area contributed by atoms with Crippen molar-refractivity contribution < 1.29 is 24.2 Å². The van der Waals surface area contributed by atoms with Crippen molar-refractivity contribution in [3.8, 4) is 11.5 Å². The van der Waals surface area contributed by atoms with Crippen molar-refractivity contribution in [2.24, 2.45) is 0 Å². The Morgan fingerprint density at radius 3 is 2.61 bits per heavy atom. The third-order valence-electron chi connectivity index (χ3n) is 2.99. The van der Waals surface area contributed by atoms with E-state index in [0.29, 0.717) is 5.56 Å². The summed E-state index contributed by atoms with van der Waals surface area (Å²) in [6.07, 6.45) is 2.54. The highest BCUT2D eigenvalue weighted by Gasteiger charge is 2.13. The number of carbonyl (C=O) groups is 2. The van der Waals surface area contributed by atoms with Gasteiger partial charge in [0.15, 0.2) is 11.5 Å². The van der Waals surface area contributed by atoms with E-state index in [1.54, 1.807) is 24.3 Å². The first-order valence-corrected chi connectivity index (χ1v) is 6.67. The molecule has 0 aliphatic heterocycles. The maximum atomic E-state index is 11.8. The molecule has 0 saturated heterocycles. The Kier molecular flexibility index (Phi) is 4.99. The fraction of sp³-hybridized carbons (Fsp3) is 0.0588. The van der Waals surface area contributed by atoms with Crippen LogP contribution in [0.2, 0.25) is 0 Å². The van der Waals surface area contributed by atoms with Crippen LogP contribution in [-0.4, -0.2) is 24.2 Å². The number of rotatable bonds is 4. The fourth-order valence-corrected chi connectivity index (χ4v) is 1.83. The summed E-state index contributed by atoms with van der Waals surface area (Å²) in [6.45, 7) is 0. The van der Waals surface area contributed by atoms with E-state index in [9.17, 15) is 14.7 Å². The number of benzene rings is 2. The van der Waals surface area contributed by atoms with Gasteiger partial charge in [-0.15, -0.1) is 0 Å². The van der Waals surface area contributed by atoms with E-state index in [0.717, 1.165) is 6.08 Å². The lowest BCUT2D eigenvalue weighted by Crippen LogP contribution is -2.12. The van der Waals surface area contributed by atoms with Crippen LogP contribution in [0.1, 0.15) is 15.9 Å². The fourth-order valence-electron chi connectivity index (χ4n) is 1.83. The molecule has 0 bridgehead atoms. The van der Waals surface area contributed by atoms with E-state index in [1.165, 1.54) is 31.4 Å². The van der Waals surface area contributed by atoms with Gasteiger partial charge in [0.1, 0.15) is 0 Å². The molecule has 3 N–H and O–H groups in total. The van der Waals surface area contributed by atoms with E-state index in [-0.39, 0.29) is 22.7 Å². The van der Waals surface area contributed by atoms with Gasteiger partial charge in [0.25, 0.3) is 0 Å². The summed E-state index contributed by atoms with van der Waals surface area (Å²) in [5, 5.41) is 9.49. The number of phenolic OH excluding ortho intramolecular Hbond substituents is 1. The highest BCUT2D eigenvalue weighted by atomic mass is 16.6. The van der Waals surface area contributed by atoms with Gasteiger partial charge in [0.05, 0.1) is 12.7 Å². The van der Waals surface area contributed by atoms with Gasteiger partial charge in [0.2, 0.25) is 0 Å². The minimum absolute atomic E-state index is 0.0121. The van der Waals surface area contributed by atoms with Crippen LogP contribution in [0.15, 0.2) is 48.5 Å². The monoisotopic (exact) mass is 313 g/mol. The summed E-state index contributed by atoms with van der Waals surface area (Å²) >= 11 is 0. The van der Waals surface area contributed by atoms with Crippen LogP contribution in [0.5, 0.6) is 11.5 Å². The molecule has 0 aliphatic carbocycles. The molecule has 0 atom stereocenters. The van der Waals surface area contributed by atoms with Crippen molar-refractivity contribution in [3.63, 3.8) is 0 Å². The van der Waals surface area contributed by atoms with Crippen molar-refractivity contribution in [1.82, 2.24) is 0 Å². The minimum Gasteiger partial charge on any atom is -0.504 e. The predicted molar refractivity (Wildman–Crippen MR) is 85.0 cm³/mol. The zero-order chi connectivity index (χ0) is 16.8. The molecule has 0 fully saturated rings. The summed E-state index contributed by atoms with van der Waals surface area (Å²) in [5.74, 6) is -1.39. The Morgan fingerprint density at radius 1 is 1.17 bits per heavy atom. The number of para-hydroxylation sites is 1. The number of aromatic hydroxyl groups is 1. The van der Waals surface area contributed by atoms with Gasteiger partial charge in [0, 0.05) is 11.8 Å². The standard InChI is InChI=1S/C17H15NO5/c1-22-15-10-11(6-8-14(15)19)7-9-16(20)23-17(21)12-4-2-3-5-13(12)18/h2-10,19H,18H2,1H3/b9-7+. The zero-order valence-corrected chi connectivity index (χ0v) is 12.4. The first kappa shape index (κ1) is 16.1. The van der Waals surface area contributed by atoms with E-state index < -0.39 is 11.9 Å². The van der Waals surface area contributed by atoms with Gasteiger partial charge < -0.3 is 20.3 Å². The van der Waals surface area contributed by atoms with Gasteiger partial charge in [-0.25, -0.2) is 9.59 Å². The lowest BCUT2D eigenvalue weighted by molar-refractivity contribution is -0.132. The Balaban J connectivity index is 2.05. The Bertz CT molecular complexity index is 767. The van der Waals surface area contributed by atoms with Crippen LogP contribution in [0.4, 0.5) is 5.69 Å². The lowest BCUT2D eigenvalue weighted by Gasteiger charge is -2.04.